The molecule has 0 radical (unpaired) electrons. The fourth-order valence-corrected chi connectivity index (χ4v) is 3.61. The molecule has 0 fully saturated rings. The van der Waals surface area contributed by atoms with E-state index in [1.807, 2.05) is 36.4 Å². The van der Waals surface area contributed by atoms with Crippen molar-refractivity contribution in [2.45, 2.75) is 104 Å². The smallest absolute Gasteiger partial charge is 0.872 e. The van der Waals surface area contributed by atoms with E-state index in [-0.39, 0.29) is 28.0 Å². The second kappa shape index (κ2) is 20.4. The largest absolute Gasteiger partial charge is 2.00 e. The second-order valence-electron chi connectivity index (χ2n) is 8.25. The van der Waals surface area contributed by atoms with Gasteiger partial charge in [-0.1, -0.05) is 138 Å². The van der Waals surface area contributed by atoms with E-state index in [2.05, 4.69) is 13.8 Å². The minimum Gasteiger partial charge on any atom is -0.872 e. The first-order valence-corrected chi connectivity index (χ1v) is 12.2. The molecule has 2 aromatic carbocycles. The van der Waals surface area contributed by atoms with E-state index in [0.717, 1.165) is 36.8 Å². The Bertz CT molecular complexity index is 599. The molecule has 2 rings (SSSR count). The number of benzene rings is 2. The molecule has 0 unspecified atom stereocenters. The second-order valence-corrected chi connectivity index (χ2v) is 8.25. The van der Waals surface area contributed by atoms with Gasteiger partial charge in [0.15, 0.2) is 0 Å². The summed E-state index contributed by atoms with van der Waals surface area (Å²) in [4.78, 5) is 0. The van der Waals surface area contributed by atoms with E-state index >= 15 is 0 Å². The molecule has 0 aliphatic heterocycles. The molecule has 0 bridgehead atoms. The number of para-hydroxylation sites is 2. The fourth-order valence-electron chi connectivity index (χ4n) is 3.61. The van der Waals surface area contributed by atoms with Crippen LogP contribution >= 0.6 is 0 Å². The summed E-state index contributed by atoms with van der Waals surface area (Å²) in [5, 5.41) is 22.8. The Kier molecular flexibility index (Phi) is 19.5. The topological polar surface area (TPSA) is 46.1 Å². The van der Waals surface area contributed by atoms with Gasteiger partial charge in [-0.3, -0.25) is 0 Å². The van der Waals surface area contributed by atoms with Crippen molar-refractivity contribution in [2.75, 3.05) is 0 Å². The Morgan fingerprint density at radius 1 is 0.484 bits per heavy atom. The van der Waals surface area contributed by atoms with Gasteiger partial charge in [-0.25, -0.2) is 0 Å². The molecule has 0 aliphatic rings. The average molecular weight is 469 g/mol. The third-order valence-electron chi connectivity index (χ3n) is 5.54. The average Bonchev–Trinajstić information content (AvgIpc) is 2.76. The van der Waals surface area contributed by atoms with Crippen LogP contribution in [0.2, 0.25) is 0 Å². The Morgan fingerprint density at radius 3 is 1.16 bits per heavy atom. The molecule has 0 aromatic heterocycles. The maximum Gasteiger partial charge on any atom is 2.00 e. The maximum absolute atomic E-state index is 11.4. The molecular weight excluding hydrogens is 427 g/mol. The first-order chi connectivity index (χ1) is 14.7. The van der Waals surface area contributed by atoms with Crippen molar-refractivity contribution < 1.29 is 26.7 Å². The number of hydrogen-bond acceptors (Lipinski definition) is 2. The van der Waals surface area contributed by atoms with E-state index in [0.29, 0.717) is 0 Å². The van der Waals surface area contributed by atoms with Gasteiger partial charge in [0.05, 0.1) is 0 Å². The number of rotatable bonds is 14. The number of hydrogen-bond donors (Lipinski definition) is 0. The van der Waals surface area contributed by atoms with Gasteiger partial charge in [0, 0.05) is 0 Å². The summed E-state index contributed by atoms with van der Waals surface area (Å²) in [6.07, 6.45) is 17.3. The predicted octanol–water partition coefficient (Wildman–Crippen LogP) is 7.32. The molecule has 0 N–H and O–H groups in total. The van der Waals surface area contributed by atoms with Gasteiger partial charge in [0.25, 0.3) is 0 Å². The van der Waals surface area contributed by atoms with Crippen LogP contribution in [-0.2, 0) is 29.3 Å². The van der Waals surface area contributed by atoms with E-state index in [1.54, 1.807) is 12.1 Å². The molecule has 0 saturated carbocycles. The third kappa shape index (κ3) is 15.1. The van der Waals surface area contributed by atoms with Crippen LogP contribution in [0.5, 0.6) is 11.5 Å². The number of unbranched alkanes of at least 4 members (excludes halogenated alkanes) is 10. The van der Waals surface area contributed by atoms with Crippen LogP contribution in [0, 0.1) is 0 Å². The first-order valence-electron chi connectivity index (χ1n) is 12.2. The first kappa shape index (κ1) is 29.5. The van der Waals surface area contributed by atoms with E-state index in [4.69, 9.17) is 0 Å². The molecule has 0 aliphatic carbocycles. The zero-order valence-electron chi connectivity index (χ0n) is 19.7. The normalized spacial score (nSPS) is 10.1. The van der Waals surface area contributed by atoms with E-state index in [9.17, 15) is 10.2 Å². The molecule has 2 aromatic rings. The predicted molar refractivity (Wildman–Crippen MR) is 126 cm³/mol. The van der Waals surface area contributed by atoms with Crippen molar-refractivity contribution in [3.8, 4) is 11.5 Å². The summed E-state index contributed by atoms with van der Waals surface area (Å²) in [6.45, 7) is 4.46. The molecule has 0 atom stereocenters. The van der Waals surface area contributed by atoms with Crippen LogP contribution < -0.4 is 10.2 Å². The van der Waals surface area contributed by atoms with Crippen molar-refractivity contribution in [2.24, 2.45) is 0 Å². The number of aryl methyl sites for hydroxylation is 2. The zero-order valence-corrected chi connectivity index (χ0v) is 20.6. The van der Waals surface area contributed by atoms with Crippen molar-refractivity contribution in [1.82, 2.24) is 0 Å². The maximum atomic E-state index is 11.4. The van der Waals surface area contributed by atoms with Crippen LogP contribution in [0.1, 0.15) is 102 Å². The van der Waals surface area contributed by atoms with Crippen molar-refractivity contribution >= 4 is 0 Å². The molecule has 176 valence electrons. The Balaban J connectivity index is 0.000000562. The van der Waals surface area contributed by atoms with E-state index < -0.39 is 0 Å². The molecular formula is C28H42NiO2. The van der Waals surface area contributed by atoms with E-state index in [1.165, 1.54) is 64.2 Å². The van der Waals surface area contributed by atoms with Crippen LogP contribution in [-0.4, -0.2) is 0 Å². The van der Waals surface area contributed by atoms with Crippen molar-refractivity contribution in [3.63, 3.8) is 0 Å². The molecule has 0 heterocycles. The fraction of sp³-hybridized carbons (Fsp3) is 0.571. The quantitative estimate of drug-likeness (QED) is 0.215. The minimum absolute atomic E-state index is 0. The van der Waals surface area contributed by atoms with Crippen LogP contribution in [0.15, 0.2) is 48.5 Å². The zero-order chi connectivity index (χ0) is 21.9. The van der Waals surface area contributed by atoms with Gasteiger partial charge in [0.2, 0.25) is 0 Å². The molecule has 0 spiro atoms. The summed E-state index contributed by atoms with van der Waals surface area (Å²) in [7, 11) is 0. The minimum atomic E-state index is 0. The monoisotopic (exact) mass is 468 g/mol. The van der Waals surface area contributed by atoms with Crippen molar-refractivity contribution in [1.29, 1.82) is 0 Å². The van der Waals surface area contributed by atoms with Crippen LogP contribution in [0.25, 0.3) is 0 Å². The van der Waals surface area contributed by atoms with Crippen LogP contribution in [0.4, 0.5) is 0 Å². The summed E-state index contributed by atoms with van der Waals surface area (Å²) in [6, 6.07) is 14.8. The molecule has 3 heteroatoms. The van der Waals surface area contributed by atoms with Crippen LogP contribution in [0.3, 0.4) is 0 Å². The van der Waals surface area contributed by atoms with Gasteiger partial charge in [-0.15, -0.1) is 11.5 Å². The van der Waals surface area contributed by atoms with Gasteiger partial charge in [-0.2, -0.15) is 0 Å². The third-order valence-corrected chi connectivity index (χ3v) is 5.54. The summed E-state index contributed by atoms with van der Waals surface area (Å²) in [5.41, 5.74) is 1.96. The van der Waals surface area contributed by atoms with Gasteiger partial charge < -0.3 is 10.2 Å². The Labute approximate surface area is 201 Å². The van der Waals surface area contributed by atoms with Gasteiger partial charge in [-0.05, 0) is 25.7 Å². The Morgan fingerprint density at radius 2 is 0.806 bits per heavy atom. The molecule has 2 nitrogen and oxygen atoms in total. The van der Waals surface area contributed by atoms with Gasteiger partial charge in [0.1, 0.15) is 0 Å². The Hall–Kier alpha value is -1.47. The SMILES string of the molecule is CCCCCCCCc1ccccc1[O-].CCCCCCCCc1ccccc1[O-].[Ni+2]. The molecule has 0 amide bonds. The molecule has 31 heavy (non-hydrogen) atoms. The molecule has 0 saturated heterocycles. The summed E-state index contributed by atoms with van der Waals surface area (Å²) < 4.78 is 0. The standard InChI is InChI=1S/2C14H22O.Ni/c2*1-2-3-4-5-6-7-10-13-11-8-9-12-14(13)15;/h2*8-9,11-12,15H,2-7,10H2,1H3;/q;;+2/p-2. The van der Waals surface area contributed by atoms with Gasteiger partial charge >= 0.3 is 16.5 Å². The summed E-state index contributed by atoms with van der Waals surface area (Å²) in [5.74, 6) is 0.400. The summed E-state index contributed by atoms with van der Waals surface area (Å²) >= 11 is 0. The van der Waals surface area contributed by atoms with Crippen molar-refractivity contribution in [3.05, 3.63) is 59.7 Å².